The number of hydrogen-bond acceptors (Lipinski definition) is 4. The third-order valence-electron chi connectivity index (χ3n) is 3.90. The van der Waals surface area contributed by atoms with E-state index in [0.717, 1.165) is 12.1 Å². The van der Waals surface area contributed by atoms with Crippen LogP contribution in [0.3, 0.4) is 0 Å². The zero-order chi connectivity index (χ0) is 13.8. The molecule has 0 radical (unpaired) electrons. The fourth-order valence-corrected chi connectivity index (χ4v) is 2.70. The second kappa shape index (κ2) is 5.95. The number of rotatable bonds is 3. The summed E-state index contributed by atoms with van der Waals surface area (Å²) in [4.78, 5) is 11.8. The molecule has 1 aromatic carbocycles. The quantitative estimate of drug-likeness (QED) is 0.649. The van der Waals surface area contributed by atoms with Crippen molar-refractivity contribution in [3.63, 3.8) is 0 Å². The van der Waals surface area contributed by atoms with Gasteiger partial charge in [0.1, 0.15) is 0 Å². The van der Waals surface area contributed by atoms with Crippen LogP contribution < -0.4 is 11.1 Å². The minimum atomic E-state index is -0.349. The highest BCUT2D eigenvalue weighted by atomic mass is 16.5. The minimum absolute atomic E-state index is 0.349. The van der Waals surface area contributed by atoms with Gasteiger partial charge in [0.15, 0.2) is 0 Å². The molecule has 0 heterocycles. The number of ether oxygens (including phenoxy) is 1. The Bertz CT molecular complexity index is 459. The molecule has 19 heavy (non-hydrogen) atoms. The average molecular weight is 262 g/mol. The van der Waals surface area contributed by atoms with E-state index < -0.39 is 0 Å². The lowest BCUT2D eigenvalue weighted by Crippen LogP contribution is -2.31. The molecule has 1 saturated carbocycles. The summed E-state index contributed by atoms with van der Waals surface area (Å²) in [6.45, 7) is 2.26. The summed E-state index contributed by atoms with van der Waals surface area (Å²) >= 11 is 0. The molecule has 4 nitrogen and oxygen atoms in total. The molecule has 0 amide bonds. The second-order valence-corrected chi connectivity index (χ2v) is 5.31. The van der Waals surface area contributed by atoms with Crippen molar-refractivity contribution in [2.75, 3.05) is 18.2 Å². The van der Waals surface area contributed by atoms with Crippen LogP contribution in [0.4, 0.5) is 11.4 Å². The van der Waals surface area contributed by atoms with E-state index in [4.69, 9.17) is 10.5 Å². The summed E-state index contributed by atoms with van der Waals surface area (Å²) in [6.07, 6.45) is 4.92. The molecule has 2 unspecified atom stereocenters. The number of anilines is 2. The van der Waals surface area contributed by atoms with Gasteiger partial charge in [-0.25, -0.2) is 4.79 Å². The zero-order valence-electron chi connectivity index (χ0n) is 11.6. The topological polar surface area (TPSA) is 64.3 Å². The first-order chi connectivity index (χ1) is 9.11. The molecule has 2 atom stereocenters. The predicted molar refractivity (Wildman–Crippen MR) is 77.2 cm³/mol. The number of carbonyl (C=O) groups is 1. The number of carbonyl (C=O) groups excluding carboxylic acids is 1. The molecule has 1 fully saturated rings. The molecule has 1 aliphatic carbocycles. The molecule has 1 aliphatic rings. The van der Waals surface area contributed by atoms with E-state index in [1.165, 1.54) is 26.4 Å². The molecule has 2 rings (SSSR count). The number of esters is 1. The van der Waals surface area contributed by atoms with E-state index in [-0.39, 0.29) is 5.97 Å². The monoisotopic (exact) mass is 262 g/mol. The van der Waals surface area contributed by atoms with E-state index in [1.807, 2.05) is 12.1 Å². The molecular weight excluding hydrogens is 240 g/mol. The van der Waals surface area contributed by atoms with Crippen LogP contribution in [-0.4, -0.2) is 19.1 Å². The Morgan fingerprint density at radius 3 is 2.79 bits per heavy atom. The number of hydrogen-bond donors (Lipinski definition) is 2. The fraction of sp³-hybridized carbons (Fsp3) is 0.533. The largest absolute Gasteiger partial charge is 0.465 e. The van der Waals surface area contributed by atoms with Gasteiger partial charge in [-0.05, 0) is 37.0 Å². The summed E-state index contributed by atoms with van der Waals surface area (Å²) in [5.41, 5.74) is 7.65. The predicted octanol–water partition coefficient (Wildman–Crippen LogP) is 3.05. The third-order valence-corrected chi connectivity index (χ3v) is 3.90. The number of benzene rings is 1. The van der Waals surface area contributed by atoms with Crippen LogP contribution in [0.1, 0.15) is 43.0 Å². The Kier molecular flexibility index (Phi) is 4.30. The normalized spacial score (nSPS) is 22.8. The third kappa shape index (κ3) is 3.19. The SMILES string of the molecule is COC(=O)c1cc(N)ccc1NC1CCCCC1C. The number of nitrogens with one attached hydrogen (secondary N) is 1. The Hall–Kier alpha value is -1.71. The maximum atomic E-state index is 11.8. The van der Waals surface area contributed by atoms with Gasteiger partial charge >= 0.3 is 5.97 Å². The Labute approximate surface area is 114 Å². The average Bonchev–Trinajstić information content (AvgIpc) is 2.42. The lowest BCUT2D eigenvalue weighted by molar-refractivity contribution is 0.0601. The van der Waals surface area contributed by atoms with Crippen LogP contribution in [0.15, 0.2) is 18.2 Å². The Balaban J connectivity index is 2.21. The standard InChI is InChI=1S/C15H22N2O2/c1-10-5-3-4-6-13(10)17-14-8-7-11(16)9-12(14)15(18)19-2/h7-10,13,17H,3-6,16H2,1-2H3. The first-order valence-corrected chi connectivity index (χ1v) is 6.86. The van der Waals surface area contributed by atoms with E-state index in [9.17, 15) is 4.79 Å². The molecule has 0 bridgehead atoms. The van der Waals surface area contributed by atoms with Crippen molar-refractivity contribution in [1.82, 2.24) is 0 Å². The van der Waals surface area contributed by atoms with Crippen molar-refractivity contribution in [1.29, 1.82) is 0 Å². The summed E-state index contributed by atoms with van der Waals surface area (Å²) in [5.74, 6) is 0.273. The van der Waals surface area contributed by atoms with Crippen LogP contribution in [0, 0.1) is 5.92 Å². The highest BCUT2D eigenvalue weighted by Crippen LogP contribution is 2.29. The summed E-state index contributed by atoms with van der Waals surface area (Å²) < 4.78 is 4.81. The van der Waals surface area contributed by atoms with Crippen LogP contribution in [0.5, 0.6) is 0 Å². The lowest BCUT2D eigenvalue weighted by atomic mass is 9.85. The molecule has 0 aliphatic heterocycles. The van der Waals surface area contributed by atoms with Gasteiger partial charge in [0, 0.05) is 17.4 Å². The van der Waals surface area contributed by atoms with Gasteiger partial charge in [-0.15, -0.1) is 0 Å². The number of methoxy groups -OCH3 is 1. The van der Waals surface area contributed by atoms with Crippen molar-refractivity contribution in [2.45, 2.75) is 38.6 Å². The maximum absolute atomic E-state index is 11.8. The molecular formula is C15H22N2O2. The first kappa shape index (κ1) is 13.7. The van der Waals surface area contributed by atoms with Gasteiger partial charge in [0.2, 0.25) is 0 Å². The first-order valence-electron chi connectivity index (χ1n) is 6.86. The van der Waals surface area contributed by atoms with Crippen LogP contribution >= 0.6 is 0 Å². The van der Waals surface area contributed by atoms with Crippen molar-refractivity contribution in [2.24, 2.45) is 5.92 Å². The van der Waals surface area contributed by atoms with Crippen molar-refractivity contribution < 1.29 is 9.53 Å². The zero-order valence-corrected chi connectivity index (χ0v) is 11.6. The van der Waals surface area contributed by atoms with Gasteiger partial charge < -0.3 is 15.8 Å². The smallest absolute Gasteiger partial charge is 0.340 e. The van der Waals surface area contributed by atoms with E-state index >= 15 is 0 Å². The summed E-state index contributed by atoms with van der Waals surface area (Å²) in [6, 6.07) is 5.76. The molecule has 1 aromatic rings. The Morgan fingerprint density at radius 1 is 1.37 bits per heavy atom. The lowest BCUT2D eigenvalue weighted by Gasteiger charge is -2.31. The van der Waals surface area contributed by atoms with Crippen LogP contribution in [0.2, 0.25) is 0 Å². The van der Waals surface area contributed by atoms with Crippen LogP contribution in [0.25, 0.3) is 0 Å². The second-order valence-electron chi connectivity index (χ2n) is 5.31. The maximum Gasteiger partial charge on any atom is 0.340 e. The number of nitrogen functional groups attached to an aromatic ring is 1. The van der Waals surface area contributed by atoms with E-state index in [0.29, 0.717) is 23.2 Å². The minimum Gasteiger partial charge on any atom is -0.465 e. The fourth-order valence-electron chi connectivity index (χ4n) is 2.70. The highest BCUT2D eigenvalue weighted by Gasteiger charge is 2.23. The molecule has 4 heteroatoms. The molecule has 0 spiro atoms. The summed E-state index contributed by atoms with van der Waals surface area (Å²) in [7, 11) is 1.39. The van der Waals surface area contributed by atoms with Crippen LogP contribution in [-0.2, 0) is 4.74 Å². The van der Waals surface area contributed by atoms with Crippen molar-refractivity contribution in [3.05, 3.63) is 23.8 Å². The molecule has 0 aromatic heterocycles. The Morgan fingerprint density at radius 2 is 2.11 bits per heavy atom. The van der Waals surface area contributed by atoms with E-state index in [1.54, 1.807) is 6.07 Å². The van der Waals surface area contributed by atoms with Gasteiger partial charge in [0.25, 0.3) is 0 Å². The van der Waals surface area contributed by atoms with Gasteiger partial charge in [-0.2, -0.15) is 0 Å². The van der Waals surface area contributed by atoms with Crippen molar-refractivity contribution in [3.8, 4) is 0 Å². The molecule has 0 saturated heterocycles. The summed E-state index contributed by atoms with van der Waals surface area (Å²) in [5, 5.41) is 3.49. The van der Waals surface area contributed by atoms with E-state index in [2.05, 4.69) is 12.2 Å². The van der Waals surface area contributed by atoms with Gasteiger partial charge in [-0.3, -0.25) is 0 Å². The molecule has 3 N–H and O–H groups in total. The van der Waals surface area contributed by atoms with Gasteiger partial charge in [0.05, 0.1) is 12.7 Å². The van der Waals surface area contributed by atoms with Crippen molar-refractivity contribution >= 4 is 17.3 Å². The highest BCUT2D eigenvalue weighted by molar-refractivity contribution is 5.96. The molecule has 104 valence electrons. The number of nitrogens with two attached hydrogens (primary N) is 1. The van der Waals surface area contributed by atoms with Gasteiger partial charge in [-0.1, -0.05) is 19.8 Å².